The minimum atomic E-state index is -1.06. The molecule has 0 bridgehead atoms. The van der Waals surface area contributed by atoms with Crippen LogP contribution in [0.2, 0.25) is 0 Å². The van der Waals surface area contributed by atoms with Crippen molar-refractivity contribution >= 4 is 5.97 Å². The van der Waals surface area contributed by atoms with Crippen LogP contribution in [-0.2, 0) is 4.79 Å². The van der Waals surface area contributed by atoms with E-state index in [1.54, 1.807) is 0 Å². The normalized spacial score (nSPS) is 37.9. The van der Waals surface area contributed by atoms with Crippen LogP contribution in [0.25, 0.3) is 0 Å². The number of carboxylic acid groups (broad SMARTS) is 1. The minimum Gasteiger partial charge on any atom is -0.481 e. The summed E-state index contributed by atoms with van der Waals surface area (Å²) in [5.74, 6) is -1.69. The fraction of sp³-hybridized carbons (Fsp3) is 0.750. The van der Waals surface area contributed by atoms with Gasteiger partial charge in [-0.2, -0.15) is 0 Å². The first kappa shape index (κ1) is 4.56. The molecule has 0 heterocycles. The second kappa shape index (κ2) is 1.18. The number of hydrogen-bond donors (Lipinski definition) is 1. The van der Waals surface area contributed by atoms with E-state index in [0.717, 1.165) is 0 Å². The summed E-state index contributed by atoms with van der Waals surface area (Å²) in [4.78, 5) is 9.73. The zero-order chi connectivity index (χ0) is 5.44. The van der Waals surface area contributed by atoms with Crippen LogP contribution in [0.15, 0.2) is 0 Å². The Morgan fingerprint density at radius 1 is 1.86 bits per heavy atom. The molecule has 40 valence electrons. The summed E-state index contributed by atoms with van der Waals surface area (Å²) >= 11 is 0. The summed E-state index contributed by atoms with van der Waals surface area (Å²) in [6.07, 6.45) is -0.840. The van der Waals surface area contributed by atoms with E-state index in [2.05, 4.69) is 0 Å². The highest BCUT2D eigenvalue weighted by Crippen LogP contribution is 2.33. The molecule has 3 heteroatoms. The number of aliphatic carboxylic acids is 1. The molecule has 0 aliphatic heterocycles. The van der Waals surface area contributed by atoms with Gasteiger partial charge < -0.3 is 5.11 Å². The molecule has 0 saturated heterocycles. The largest absolute Gasteiger partial charge is 0.481 e. The third-order valence-corrected chi connectivity index (χ3v) is 1.03. The van der Waals surface area contributed by atoms with Crippen LogP contribution in [0, 0.1) is 5.92 Å². The summed E-state index contributed by atoms with van der Waals surface area (Å²) in [7, 11) is 0. The van der Waals surface area contributed by atoms with Gasteiger partial charge in [-0.1, -0.05) is 0 Å². The molecular formula is C4H5FO2. The number of halogens is 1. The molecule has 0 radical (unpaired) electrons. The first-order valence-corrected chi connectivity index (χ1v) is 2.08. The third kappa shape index (κ3) is 0.706. The lowest BCUT2D eigenvalue weighted by atomic mass is 10.4. The van der Waals surface area contributed by atoms with Crippen molar-refractivity contribution < 1.29 is 14.3 Å². The maximum Gasteiger partial charge on any atom is 0.309 e. The molecule has 1 rings (SSSR count). The van der Waals surface area contributed by atoms with Crippen molar-refractivity contribution in [2.75, 3.05) is 0 Å². The molecule has 0 unspecified atom stereocenters. The van der Waals surface area contributed by atoms with Crippen molar-refractivity contribution in [2.24, 2.45) is 5.92 Å². The van der Waals surface area contributed by atoms with Crippen molar-refractivity contribution in [2.45, 2.75) is 12.6 Å². The first-order chi connectivity index (χ1) is 3.22. The number of alkyl halides is 1. The Bertz CT molecular complexity index is 102. The van der Waals surface area contributed by atoms with E-state index >= 15 is 0 Å². The van der Waals surface area contributed by atoms with E-state index in [1.807, 2.05) is 0 Å². The van der Waals surface area contributed by atoms with E-state index in [9.17, 15) is 9.18 Å². The molecule has 0 aromatic carbocycles. The van der Waals surface area contributed by atoms with E-state index in [4.69, 9.17) is 5.11 Å². The van der Waals surface area contributed by atoms with Gasteiger partial charge in [0, 0.05) is 0 Å². The van der Waals surface area contributed by atoms with E-state index < -0.39 is 18.1 Å². The maximum absolute atomic E-state index is 11.6. The van der Waals surface area contributed by atoms with Crippen LogP contribution in [0.4, 0.5) is 4.39 Å². The standard InChI is InChI=1S/C4H5FO2/c5-3-1-2(3)4(6)7/h2-3H,1H2,(H,6,7)/t2-,3-/m1/s1. The Morgan fingerprint density at radius 3 is 2.29 bits per heavy atom. The summed E-state index contributed by atoms with van der Waals surface area (Å²) in [6, 6.07) is 0. The van der Waals surface area contributed by atoms with Crippen molar-refractivity contribution in [3.63, 3.8) is 0 Å². The molecule has 7 heavy (non-hydrogen) atoms. The zero-order valence-corrected chi connectivity index (χ0v) is 3.60. The molecule has 0 aromatic heterocycles. The Labute approximate surface area is 39.9 Å². The smallest absolute Gasteiger partial charge is 0.309 e. The Hall–Kier alpha value is -0.600. The van der Waals surface area contributed by atoms with Gasteiger partial charge in [0.15, 0.2) is 0 Å². The highest BCUT2D eigenvalue weighted by atomic mass is 19.1. The lowest BCUT2D eigenvalue weighted by molar-refractivity contribution is -0.138. The van der Waals surface area contributed by atoms with Gasteiger partial charge in [0.2, 0.25) is 0 Å². The average Bonchev–Trinajstić information content (AvgIpc) is 2.17. The Morgan fingerprint density at radius 2 is 2.29 bits per heavy atom. The van der Waals surface area contributed by atoms with Gasteiger partial charge in [-0.25, -0.2) is 4.39 Å². The summed E-state index contributed by atoms with van der Waals surface area (Å²) in [5.41, 5.74) is 0. The first-order valence-electron chi connectivity index (χ1n) is 2.08. The number of carbonyl (C=O) groups is 1. The molecule has 2 nitrogen and oxygen atoms in total. The van der Waals surface area contributed by atoms with Crippen molar-refractivity contribution in [3.8, 4) is 0 Å². The Balaban J connectivity index is 2.33. The molecule has 1 fully saturated rings. The lowest BCUT2D eigenvalue weighted by Gasteiger charge is -1.77. The fourth-order valence-corrected chi connectivity index (χ4v) is 0.420. The van der Waals surface area contributed by atoms with E-state index in [0.29, 0.717) is 0 Å². The van der Waals surface area contributed by atoms with Gasteiger partial charge in [0.1, 0.15) is 6.17 Å². The van der Waals surface area contributed by atoms with Gasteiger partial charge >= 0.3 is 5.97 Å². The molecule has 0 aromatic rings. The predicted molar refractivity (Wildman–Crippen MR) is 20.6 cm³/mol. The lowest BCUT2D eigenvalue weighted by Crippen LogP contribution is -1.98. The van der Waals surface area contributed by atoms with Crippen LogP contribution in [0.5, 0.6) is 0 Å². The molecule has 0 spiro atoms. The quantitative estimate of drug-likeness (QED) is 0.523. The topological polar surface area (TPSA) is 37.3 Å². The summed E-state index contributed by atoms with van der Waals surface area (Å²) in [5, 5.41) is 7.98. The molecule has 0 amide bonds. The van der Waals surface area contributed by atoms with Gasteiger partial charge in [-0.15, -0.1) is 0 Å². The number of carboxylic acids is 1. The van der Waals surface area contributed by atoms with Crippen LogP contribution in [-0.4, -0.2) is 17.2 Å². The van der Waals surface area contributed by atoms with Crippen molar-refractivity contribution in [3.05, 3.63) is 0 Å². The van der Waals surface area contributed by atoms with E-state index in [-0.39, 0.29) is 6.42 Å². The fourth-order valence-electron chi connectivity index (χ4n) is 0.420. The Kier molecular flexibility index (Phi) is 0.770. The molecule has 1 N–H and O–H groups in total. The zero-order valence-electron chi connectivity index (χ0n) is 3.60. The average molecular weight is 104 g/mol. The predicted octanol–water partition coefficient (Wildman–Crippen LogP) is 0.429. The molecule has 1 saturated carbocycles. The second-order valence-corrected chi connectivity index (χ2v) is 1.70. The molecule has 2 atom stereocenters. The van der Waals surface area contributed by atoms with Crippen LogP contribution >= 0.6 is 0 Å². The molecular weight excluding hydrogens is 99.0 g/mol. The molecule has 1 aliphatic rings. The van der Waals surface area contributed by atoms with Gasteiger partial charge in [-0.3, -0.25) is 4.79 Å². The van der Waals surface area contributed by atoms with Crippen LogP contribution in [0.3, 0.4) is 0 Å². The van der Waals surface area contributed by atoms with Crippen molar-refractivity contribution in [1.29, 1.82) is 0 Å². The summed E-state index contributed by atoms with van der Waals surface area (Å²) < 4.78 is 11.6. The van der Waals surface area contributed by atoms with Gasteiger partial charge in [-0.05, 0) is 6.42 Å². The SMILES string of the molecule is O=C(O)[C@@H]1C[C@H]1F. The van der Waals surface area contributed by atoms with Gasteiger partial charge in [0.05, 0.1) is 5.92 Å². The van der Waals surface area contributed by atoms with Crippen molar-refractivity contribution in [1.82, 2.24) is 0 Å². The van der Waals surface area contributed by atoms with Crippen LogP contribution < -0.4 is 0 Å². The summed E-state index contributed by atoms with van der Waals surface area (Å²) in [6.45, 7) is 0. The van der Waals surface area contributed by atoms with Crippen LogP contribution in [0.1, 0.15) is 6.42 Å². The second-order valence-electron chi connectivity index (χ2n) is 1.70. The number of hydrogen-bond acceptors (Lipinski definition) is 1. The molecule has 1 aliphatic carbocycles. The van der Waals surface area contributed by atoms with E-state index in [1.165, 1.54) is 0 Å². The monoisotopic (exact) mass is 104 g/mol. The van der Waals surface area contributed by atoms with Gasteiger partial charge in [0.25, 0.3) is 0 Å². The third-order valence-electron chi connectivity index (χ3n) is 1.03. The maximum atomic E-state index is 11.6. The highest BCUT2D eigenvalue weighted by Gasteiger charge is 2.43. The number of rotatable bonds is 1. The highest BCUT2D eigenvalue weighted by molar-refractivity contribution is 5.73. The minimum absolute atomic E-state index is 0.218.